The second-order valence-electron chi connectivity index (χ2n) is 2.36. The molecule has 0 fully saturated rings. The molecule has 0 aromatic rings. The second kappa shape index (κ2) is 8.15. The summed E-state index contributed by atoms with van der Waals surface area (Å²) in [5.74, 6) is -2.51. The Labute approximate surface area is 86.4 Å². The predicted molar refractivity (Wildman–Crippen MR) is 50.0 cm³/mol. The standard InChI is InChI=1S/C4H6O4.C2H7NO3S/c5-3(6)1-2-4(7)8;3-1-2-7(4,5)6/h1-2H2,(H,5,6)(H,7,8);1-3H2,(H,4,5,6). The smallest absolute Gasteiger partial charge is 0.303 e. The topological polar surface area (TPSA) is 155 Å². The molecule has 0 saturated carbocycles. The Morgan fingerprint density at radius 3 is 1.47 bits per heavy atom. The van der Waals surface area contributed by atoms with Gasteiger partial charge in [0.05, 0.1) is 18.6 Å². The van der Waals surface area contributed by atoms with Crippen molar-refractivity contribution in [2.75, 3.05) is 12.3 Å². The molecule has 90 valence electrons. The van der Waals surface area contributed by atoms with Gasteiger partial charge < -0.3 is 15.9 Å². The highest BCUT2D eigenvalue weighted by atomic mass is 32.2. The highest BCUT2D eigenvalue weighted by molar-refractivity contribution is 7.85. The van der Waals surface area contributed by atoms with Gasteiger partial charge in [0, 0.05) is 6.54 Å². The van der Waals surface area contributed by atoms with Crippen LogP contribution < -0.4 is 5.73 Å². The van der Waals surface area contributed by atoms with Crippen molar-refractivity contribution in [1.29, 1.82) is 0 Å². The first-order valence-electron chi connectivity index (χ1n) is 3.78. The van der Waals surface area contributed by atoms with Gasteiger partial charge in [-0.3, -0.25) is 14.1 Å². The average molecular weight is 243 g/mol. The Balaban J connectivity index is 0. The van der Waals surface area contributed by atoms with Crippen LogP contribution in [0.15, 0.2) is 0 Å². The van der Waals surface area contributed by atoms with Crippen LogP contribution in [-0.2, 0) is 19.7 Å². The number of carboxylic acids is 2. The first kappa shape index (κ1) is 16.2. The molecule has 0 amide bonds. The van der Waals surface area contributed by atoms with Crippen LogP contribution in [0.3, 0.4) is 0 Å². The van der Waals surface area contributed by atoms with E-state index in [-0.39, 0.29) is 25.1 Å². The minimum Gasteiger partial charge on any atom is -0.481 e. The third kappa shape index (κ3) is 24.5. The summed E-state index contributed by atoms with van der Waals surface area (Å²) in [7, 11) is -3.80. The number of carbonyl (C=O) groups is 2. The Bertz CT molecular complexity index is 283. The van der Waals surface area contributed by atoms with Crippen LogP contribution in [0, 0.1) is 0 Å². The monoisotopic (exact) mass is 243 g/mol. The van der Waals surface area contributed by atoms with Crippen LogP contribution in [0.5, 0.6) is 0 Å². The van der Waals surface area contributed by atoms with Gasteiger partial charge in [-0.05, 0) is 0 Å². The zero-order chi connectivity index (χ0) is 12.5. The maximum Gasteiger partial charge on any atom is 0.303 e. The van der Waals surface area contributed by atoms with E-state index in [1.165, 1.54) is 0 Å². The van der Waals surface area contributed by atoms with Crippen LogP contribution in [0.25, 0.3) is 0 Å². The van der Waals surface area contributed by atoms with E-state index in [0.29, 0.717) is 0 Å². The van der Waals surface area contributed by atoms with E-state index < -0.39 is 22.1 Å². The molecule has 0 radical (unpaired) electrons. The molecule has 8 nitrogen and oxygen atoms in total. The molecule has 0 bridgehead atoms. The van der Waals surface area contributed by atoms with E-state index in [9.17, 15) is 18.0 Å². The van der Waals surface area contributed by atoms with Crippen LogP contribution in [0.4, 0.5) is 0 Å². The SMILES string of the molecule is NCCS(=O)(=O)O.O=C(O)CCC(=O)O. The van der Waals surface area contributed by atoms with Crippen molar-refractivity contribution in [3.63, 3.8) is 0 Å². The molecule has 0 aromatic carbocycles. The van der Waals surface area contributed by atoms with Crippen LogP contribution in [0.1, 0.15) is 12.8 Å². The van der Waals surface area contributed by atoms with E-state index in [1.807, 2.05) is 0 Å². The largest absolute Gasteiger partial charge is 0.481 e. The number of aliphatic carboxylic acids is 2. The van der Waals surface area contributed by atoms with Gasteiger partial charge in [-0.15, -0.1) is 0 Å². The number of nitrogens with two attached hydrogens (primary N) is 1. The van der Waals surface area contributed by atoms with Gasteiger partial charge >= 0.3 is 11.9 Å². The summed E-state index contributed by atoms with van der Waals surface area (Å²) in [6.45, 7) is -0.0289. The molecule has 0 spiro atoms. The highest BCUT2D eigenvalue weighted by Gasteiger charge is 2.00. The molecule has 9 heteroatoms. The van der Waals surface area contributed by atoms with Gasteiger partial charge in [-0.1, -0.05) is 0 Å². The first-order valence-corrected chi connectivity index (χ1v) is 5.38. The van der Waals surface area contributed by atoms with Crippen molar-refractivity contribution in [1.82, 2.24) is 0 Å². The van der Waals surface area contributed by atoms with Gasteiger partial charge in [0.2, 0.25) is 0 Å². The van der Waals surface area contributed by atoms with Gasteiger partial charge in [0.15, 0.2) is 0 Å². The van der Waals surface area contributed by atoms with Gasteiger partial charge in [-0.25, -0.2) is 0 Å². The van der Waals surface area contributed by atoms with Crippen molar-refractivity contribution in [3.8, 4) is 0 Å². The minimum atomic E-state index is -3.80. The van der Waals surface area contributed by atoms with Gasteiger partial charge in [0.25, 0.3) is 10.1 Å². The first-order chi connectivity index (χ1) is 6.69. The lowest BCUT2D eigenvalue weighted by atomic mass is 10.3. The Morgan fingerprint density at radius 1 is 1.07 bits per heavy atom. The van der Waals surface area contributed by atoms with Crippen molar-refractivity contribution < 1.29 is 32.8 Å². The fraction of sp³-hybridized carbons (Fsp3) is 0.667. The molecule has 0 atom stereocenters. The number of rotatable bonds is 5. The summed E-state index contributed by atoms with van der Waals surface area (Å²) >= 11 is 0. The second-order valence-corrected chi connectivity index (χ2v) is 3.93. The minimum absolute atomic E-state index is 0.0289. The van der Waals surface area contributed by atoms with Crippen LogP contribution in [0.2, 0.25) is 0 Å². The third-order valence-corrected chi connectivity index (χ3v) is 1.68. The quantitative estimate of drug-likeness (QED) is 0.437. The molecule has 0 aliphatic carbocycles. The summed E-state index contributed by atoms with van der Waals surface area (Å²) in [5, 5.41) is 15.8. The molecule has 15 heavy (non-hydrogen) atoms. The lowest BCUT2D eigenvalue weighted by Crippen LogP contribution is -2.13. The zero-order valence-electron chi connectivity index (χ0n) is 7.79. The van der Waals surface area contributed by atoms with E-state index in [0.717, 1.165) is 0 Å². The lowest BCUT2D eigenvalue weighted by molar-refractivity contribution is -0.143. The molecule has 0 unspecified atom stereocenters. The molecular formula is C6H13NO7S. The average Bonchev–Trinajstić information content (AvgIpc) is 1.99. The molecule has 0 aromatic heterocycles. The Morgan fingerprint density at radius 2 is 1.40 bits per heavy atom. The maximum atomic E-state index is 9.71. The molecule has 0 rings (SSSR count). The van der Waals surface area contributed by atoms with Crippen molar-refractivity contribution >= 4 is 22.1 Å². The van der Waals surface area contributed by atoms with Crippen LogP contribution >= 0.6 is 0 Å². The van der Waals surface area contributed by atoms with Crippen LogP contribution in [-0.4, -0.2) is 47.4 Å². The fourth-order valence-corrected chi connectivity index (χ4v) is 0.661. The predicted octanol–water partition coefficient (Wildman–Crippen LogP) is -1.23. The molecule has 0 heterocycles. The summed E-state index contributed by atoms with van der Waals surface area (Å²) < 4.78 is 27.3. The number of hydrogen-bond acceptors (Lipinski definition) is 5. The highest BCUT2D eigenvalue weighted by Crippen LogP contribution is 1.86. The molecular weight excluding hydrogens is 230 g/mol. The number of carboxylic acid groups (broad SMARTS) is 2. The van der Waals surface area contributed by atoms with E-state index in [4.69, 9.17) is 20.5 Å². The fourth-order valence-electron chi connectivity index (χ4n) is 0.363. The Kier molecular flexibility index (Phi) is 8.82. The molecule has 0 aliphatic rings. The summed E-state index contributed by atoms with van der Waals surface area (Å²) in [6, 6.07) is 0. The van der Waals surface area contributed by atoms with E-state index in [1.54, 1.807) is 0 Å². The van der Waals surface area contributed by atoms with Gasteiger partial charge in [-0.2, -0.15) is 8.42 Å². The normalized spacial score (nSPS) is 10.0. The van der Waals surface area contributed by atoms with Crippen molar-refractivity contribution in [2.45, 2.75) is 12.8 Å². The number of hydrogen-bond donors (Lipinski definition) is 4. The van der Waals surface area contributed by atoms with E-state index in [2.05, 4.69) is 0 Å². The third-order valence-electron chi connectivity index (χ3n) is 0.929. The lowest BCUT2D eigenvalue weighted by Gasteiger charge is -1.86. The summed E-state index contributed by atoms with van der Waals surface area (Å²) in [4.78, 5) is 19.3. The summed E-state index contributed by atoms with van der Waals surface area (Å²) in [6.07, 6.45) is -0.593. The van der Waals surface area contributed by atoms with E-state index >= 15 is 0 Å². The molecule has 0 saturated heterocycles. The van der Waals surface area contributed by atoms with Crippen molar-refractivity contribution in [2.24, 2.45) is 5.73 Å². The molecule has 0 aliphatic heterocycles. The van der Waals surface area contributed by atoms with Gasteiger partial charge in [0.1, 0.15) is 0 Å². The zero-order valence-corrected chi connectivity index (χ0v) is 8.61. The maximum absolute atomic E-state index is 9.71. The van der Waals surface area contributed by atoms with Crippen molar-refractivity contribution in [3.05, 3.63) is 0 Å². The molecule has 5 N–H and O–H groups in total. The summed E-state index contributed by atoms with van der Waals surface area (Å²) in [5.41, 5.74) is 4.78. The Hall–Kier alpha value is -1.19.